The first kappa shape index (κ1) is 21.4. The maximum Gasteiger partial charge on any atom is 0.306 e. The summed E-state index contributed by atoms with van der Waals surface area (Å²) in [6, 6.07) is 5.93. The molecule has 0 atom stereocenters. The van der Waals surface area contributed by atoms with Gasteiger partial charge in [0.1, 0.15) is 0 Å². The summed E-state index contributed by atoms with van der Waals surface area (Å²) in [6.07, 6.45) is 1.08. The standard InChI is InChI=1S/C16H23N3O6S/c1-3-25-15(21)9-8-14(20)17-10-11-18-16(22)12-4-6-13(7-5-12)19-26(2,23)24/h4-7,19H,3,8-11H2,1-2H3,(H,17,20)(H,18,22). The van der Waals surface area contributed by atoms with Crippen LogP contribution < -0.4 is 15.4 Å². The molecule has 1 rings (SSSR count). The molecule has 0 spiro atoms. The van der Waals surface area contributed by atoms with Crippen LogP contribution in [-0.2, 0) is 24.3 Å². The average Bonchev–Trinajstić information content (AvgIpc) is 2.56. The molecule has 0 radical (unpaired) electrons. The molecule has 0 unspecified atom stereocenters. The van der Waals surface area contributed by atoms with Crippen molar-refractivity contribution >= 4 is 33.5 Å². The smallest absolute Gasteiger partial charge is 0.306 e. The summed E-state index contributed by atoms with van der Waals surface area (Å²) in [4.78, 5) is 34.6. The van der Waals surface area contributed by atoms with Crippen LogP contribution in [0.2, 0.25) is 0 Å². The maximum atomic E-state index is 11.9. The van der Waals surface area contributed by atoms with Gasteiger partial charge in [-0.25, -0.2) is 8.42 Å². The number of benzene rings is 1. The van der Waals surface area contributed by atoms with Crippen LogP contribution in [0.5, 0.6) is 0 Å². The van der Waals surface area contributed by atoms with Gasteiger partial charge < -0.3 is 15.4 Å². The number of sulfonamides is 1. The average molecular weight is 385 g/mol. The summed E-state index contributed by atoms with van der Waals surface area (Å²) in [5, 5.41) is 5.21. The number of carbonyl (C=O) groups is 3. The minimum absolute atomic E-state index is 0.0138. The summed E-state index contributed by atoms with van der Waals surface area (Å²) in [6.45, 7) is 2.41. The zero-order chi connectivity index (χ0) is 19.6. The van der Waals surface area contributed by atoms with Crippen LogP contribution in [0.3, 0.4) is 0 Å². The van der Waals surface area contributed by atoms with E-state index in [0.717, 1.165) is 6.26 Å². The van der Waals surface area contributed by atoms with E-state index < -0.39 is 16.0 Å². The minimum Gasteiger partial charge on any atom is -0.466 e. The van der Waals surface area contributed by atoms with Gasteiger partial charge in [0.2, 0.25) is 15.9 Å². The molecule has 0 aliphatic rings. The van der Waals surface area contributed by atoms with Crippen molar-refractivity contribution in [3.63, 3.8) is 0 Å². The third kappa shape index (κ3) is 9.02. The normalized spacial score (nSPS) is 10.7. The van der Waals surface area contributed by atoms with Crippen LogP contribution in [0.15, 0.2) is 24.3 Å². The van der Waals surface area contributed by atoms with Crippen molar-refractivity contribution in [2.75, 3.05) is 30.7 Å². The Labute approximate surface area is 152 Å². The van der Waals surface area contributed by atoms with E-state index in [-0.39, 0.29) is 44.4 Å². The fourth-order valence-electron chi connectivity index (χ4n) is 1.92. The Kier molecular flexibility index (Phi) is 8.56. The summed E-state index contributed by atoms with van der Waals surface area (Å²) < 4.78 is 29.2. The molecule has 144 valence electrons. The number of esters is 1. The highest BCUT2D eigenvalue weighted by Gasteiger charge is 2.08. The van der Waals surface area contributed by atoms with Crippen LogP contribution in [0.25, 0.3) is 0 Å². The molecular formula is C16H23N3O6S. The number of nitrogens with one attached hydrogen (secondary N) is 3. The molecule has 10 heteroatoms. The molecule has 0 saturated heterocycles. The Morgan fingerprint density at radius 2 is 1.62 bits per heavy atom. The number of carbonyl (C=O) groups excluding carboxylic acids is 3. The lowest BCUT2D eigenvalue weighted by Crippen LogP contribution is -2.34. The number of rotatable bonds is 10. The van der Waals surface area contributed by atoms with Gasteiger partial charge in [-0.15, -0.1) is 0 Å². The number of hydrogen-bond donors (Lipinski definition) is 3. The van der Waals surface area contributed by atoms with Gasteiger partial charge in [0.15, 0.2) is 0 Å². The summed E-state index contributed by atoms with van der Waals surface area (Å²) in [5.41, 5.74) is 0.718. The van der Waals surface area contributed by atoms with Gasteiger partial charge in [0.25, 0.3) is 5.91 Å². The Balaban J connectivity index is 2.29. The number of amides is 2. The van der Waals surface area contributed by atoms with Gasteiger partial charge in [-0.2, -0.15) is 0 Å². The highest BCUT2D eigenvalue weighted by molar-refractivity contribution is 7.92. The van der Waals surface area contributed by atoms with Crippen molar-refractivity contribution in [2.45, 2.75) is 19.8 Å². The molecule has 2 amide bonds. The number of anilines is 1. The first-order valence-corrected chi connectivity index (χ1v) is 9.88. The fourth-order valence-corrected chi connectivity index (χ4v) is 2.49. The minimum atomic E-state index is -3.37. The largest absolute Gasteiger partial charge is 0.466 e. The predicted octanol–water partition coefficient (Wildman–Crippen LogP) is 0.247. The Morgan fingerprint density at radius 1 is 1.00 bits per heavy atom. The predicted molar refractivity (Wildman–Crippen MR) is 96.1 cm³/mol. The van der Waals surface area contributed by atoms with Gasteiger partial charge in [-0.1, -0.05) is 0 Å². The molecule has 0 aliphatic heterocycles. The highest BCUT2D eigenvalue weighted by atomic mass is 32.2. The number of hydrogen-bond acceptors (Lipinski definition) is 6. The summed E-state index contributed by atoms with van der Waals surface area (Å²) in [7, 11) is -3.37. The van der Waals surface area contributed by atoms with Crippen molar-refractivity contribution < 1.29 is 27.5 Å². The van der Waals surface area contributed by atoms with Crippen molar-refractivity contribution in [1.82, 2.24) is 10.6 Å². The fraction of sp³-hybridized carbons (Fsp3) is 0.438. The van der Waals surface area contributed by atoms with E-state index in [0.29, 0.717) is 11.3 Å². The van der Waals surface area contributed by atoms with E-state index in [1.54, 1.807) is 6.92 Å². The van der Waals surface area contributed by atoms with Gasteiger partial charge in [-0.05, 0) is 31.2 Å². The third-order valence-electron chi connectivity index (χ3n) is 3.04. The van der Waals surface area contributed by atoms with E-state index in [4.69, 9.17) is 4.74 Å². The van der Waals surface area contributed by atoms with Crippen LogP contribution >= 0.6 is 0 Å². The Bertz CT molecular complexity index is 731. The molecule has 1 aromatic carbocycles. The molecule has 1 aromatic rings. The molecule has 0 bridgehead atoms. The second-order valence-electron chi connectivity index (χ2n) is 5.36. The molecule has 0 heterocycles. The monoisotopic (exact) mass is 385 g/mol. The third-order valence-corrected chi connectivity index (χ3v) is 3.65. The molecule has 26 heavy (non-hydrogen) atoms. The molecule has 0 aliphatic carbocycles. The van der Waals surface area contributed by atoms with Gasteiger partial charge in [-0.3, -0.25) is 19.1 Å². The second-order valence-corrected chi connectivity index (χ2v) is 7.11. The van der Waals surface area contributed by atoms with Crippen molar-refractivity contribution in [1.29, 1.82) is 0 Å². The van der Waals surface area contributed by atoms with E-state index in [2.05, 4.69) is 15.4 Å². The molecule has 0 saturated carbocycles. The second kappa shape index (κ2) is 10.4. The van der Waals surface area contributed by atoms with E-state index in [9.17, 15) is 22.8 Å². The van der Waals surface area contributed by atoms with Crippen LogP contribution in [0, 0.1) is 0 Å². The van der Waals surface area contributed by atoms with Crippen molar-refractivity contribution in [3.8, 4) is 0 Å². The Morgan fingerprint density at radius 3 is 2.19 bits per heavy atom. The highest BCUT2D eigenvalue weighted by Crippen LogP contribution is 2.10. The van der Waals surface area contributed by atoms with Gasteiger partial charge in [0.05, 0.1) is 19.3 Å². The van der Waals surface area contributed by atoms with Crippen molar-refractivity contribution in [3.05, 3.63) is 29.8 Å². The Hall–Kier alpha value is -2.62. The molecule has 0 aromatic heterocycles. The molecule has 0 fully saturated rings. The topological polar surface area (TPSA) is 131 Å². The summed E-state index contributed by atoms with van der Waals surface area (Å²) >= 11 is 0. The molecule has 9 nitrogen and oxygen atoms in total. The lowest BCUT2D eigenvalue weighted by atomic mass is 10.2. The van der Waals surface area contributed by atoms with Crippen LogP contribution in [0.1, 0.15) is 30.1 Å². The SMILES string of the molecule is CCOC(=O)CCC(=O)NCCNC(=O)c1ccc(NS(C)(=O)=O)cc1. The van der Waals surface area contributed by atoms with E-state index >= 15 is 0 Å². The summed E-state index contributed by atoms with van der Waals surface area (Å²) in [5.74, 6) is -1.08. The van der Waals surface area contributed by atoms with Gasteiger partial charge >= 0.3 is 5.97 Å². The lowest BCUT2D eigenvalue weighted by Gasteiger charge is -2.08. The first-order chi connectivity index (χ1) is 12.2. The van der Waals surface area contributed by atoms with E-state index in [1.165, 1.54) is 24.3 Å². The van der Waals surface area contributed by atoms with Crippen LogP contribution in [0.4, 0.5) is 5.69 Å². The zero-order valence-electron chi connectivity index (χ0n) is 14.7. The molecular weight excluding hydrogens is 362 g/mol. The maximum absolute atomic E-state index is 11.9. The number of ether oxygens (including phenoxy) is 1. The van der Waals surface area contributed by atoms with Crippen LogP contribution in [-0.4, -0.2) is 52.2 Å². The first-order valence-electron chi connectivity index (χ1n) is 7.99. The van der Waals surface area contributed by atoms with Crippen molar-refractivity contribution in [2.24, 2.45) is 0 Å². The zero-order valence-corrected chi connectivity index (χ0v) is 15.5. The quantitative estimate of drug-likeness (QED) is 0.391. The molecule has 3 N–H and O–H groups in total. The van der Waals surface area contributed by atoms with Gasteiger partial charge in [0, 0.05) is 30.8 Å². The lowest BCUT2D eigenvalue weighted by molar-refractivity contribution is -0.144. The van der Waals surface area contributed by atoms with E-state index in [1.807, 2.05) is 0 Å².